The molecule has 0 aliphatic heterocycles. The number of alkyl halides is 1. The maximum absolute atomic E-state index is 12.2. The summed E-state index contributed by atoms with van der Waals surface area (Å²) in [5.74, 6) is 0.702. The van der Waals surface area contributed by atoms with Gasteiger partial charge in [-0.25, -0.2) is 13.1 Å². The van der Waals surface area contributed by atoms with Crippen molar-refractivity contribution >= 4 is 26.0 Å². The fourth-order valence-corrected chi connectivity index (χ4v) is 3.19. The van der Waals surface area contributed by atoms with Crippen molar-refractivity contribution < 1.29 is 13.2 Å². The van der Waals surface area contributed by atoms with E-state index in [1.807, 2.05) is 18.2 Å². The van der Waals surface area contributed by atoms with Crippen LogP contribution in [0.3, 0.4) is 0 Å². The monoisotopic (exact) mass is 369 g/mol. The van der Waals surface area contributed by atoms with E-state index in [-0.39, 0.29) is 11.4 Å². The lowest BCUT2D eigenvalue weighted by molar-refractivity contribution is 0.414. The highest BCUT2D eigenvalue weighted by molar-refractivity contribution is 9.08. The molecule has 0 aromatic heterocycles. The summed E-state index contributed by atoms with van der Waals surface area (Å²) in [6.45, 7) is 0.222. The van der Waals surface area contributed by atoms with Gasteiger partial charge in [0.25, 0.3) is 0 Å². The van der Waals surface area contributed by atoms with Gasteiger partial charge >= 0.3 is 0 Å². The van der Waals surface area contributed by atoms with Gasteiger partial charge in [0.2, 0.25) is 10.0 Å². The summed E-state index contributed by atoms with van der Waals surface area (Å²) in [5, 5.41) is 0.699. The first-order chi connectivity index (χ1) is 10.0. The normalized spacial score (nSPS) is 11.3. The van der Waals surface area contributed by atoms with Crippen molar-refractivity contribution in [3.63, 3.8) is 0 Å². The Kier molecular flexibility index (Phi) is 5.39. The summed E-state index contributed by atoms with van der Waals surface area (Å²) in [7, 11) is -1.93. The van der Waals surface area contributed by atoms with Gasteiger partial charge in [0.1, 0.15) is 5.75 Å². The van der Waals surface area contributed by atoms with Gasteiger partial charge in [0, 0.05) is 11.9 Å². The Labute approximate surface area is 133 Å². The summed E-state index contributed by atoms with van der Waals surface area (Å²) in [6, 6.07) is 14.1. The number of methoxy groups -OCH3 is 1. The average Bonchev–Trinajstić information content (AvgIpc) is 2.53. The minimum Gasteiger partial charge on any atom is -0.497 e. The Hall–Kier alpha value is -1.37. The Balaban J connectivity index is 2.09. The zero-order valence-electron chi connectivity index (χ0n) is 11.5. The van der Waals surface area contributed by atoms with Crippen molar-refractivity contribution in [1.82, 2.24) is 4.72 Å². The third-order valence-corrected chi connectivity index (χ3v) is 5.05. The summed E-state index contributed by atoms with van der Waals surface area (Å²) < 4.78 is 32.1. The van der Waals surface area contributed by atoms with E-state index in [4.69, 9.17) is 4.74 Å². The Morgan fingerprint density at radius 3 is 2.43 bits per heavy atom. The number of rotatable bonds is 6. The summed E-state index contributed by atoms with van der Waals surface area (Å²) >= 11 is 3.33. The molecule has 0 aliphatic rings. The molecule has 2 aromatic rings. The van der Waals surface area contributed by atoms with E-state index in [1.165, 1.54) is 0 Å². The van der Waals surface area contributed by atoms with Gasteiger partial charge in [0.05, 0.1) is 12.0 Å². The Morgan fingerprint density at radius 1 is 1.10 bits per heavy atom. The second kappa shape index (κ2) is 7.06. The van der Waals surface area contributed by atoms with Crippen molar-refractivity contribution in [3.05, 3.63) is 59.7 Å². The molecule has 112 valence electrons. The first kappa shape index (κ1) is 16.0. The van der Waals surface area contributed by atoms with Crippen LogP contribution < -0.4 is 9.46 Å². The number of hydrogen-bond donors (Lipinski definition) is 1. The SMILES string of the molecule is COc1cccc(CNS(=O)(=O)c2ccc(CBr)cc2)c1. The molecule has 0 unspecified atom stereocenters. The highest BCUT2D eigenvalue weighted by atomic mass is 79.9. The lowest BCUT2D eigenvalue weighted by Crippen LogP contribution is -2.23. The predicted molar refractivity (Wildman–Crippen MR) is 86.1 cm³/mol. The number of ether oxygens (including phenoxy) is 1. The lowest BCUT2D eigenvalue weighted by atomic mass is 10.2. The number of hydrogen-bond acceptors (Lipinski definition) is 3. The van der Waals surface area contributed by atoms with Gasteiger partial charge in [-0.15, -0.1) is 0 Å². The molecule has 2 aromatic carbocycles. The van der Waals surface area contributed by atoms with Crippen LogP contribution in [0.2, 0.25) is 0 Å². The zero-order chi connectivity index (χ0) is 15.3. The van der Waals surface area contributed by atoms with Crippen LogP contribution in [-0.2, 0) is 21.9 Å². The molecule has 2 rings (SSSR count). The number of nitrogens with one attached hydrogen (secondary N) is 1. The van der Waals surface area contributed by atoms with Gasteiger partial charge in [-0.2, -0.15) is 0 Å². The van der Waals surface area contributed by atoms with Crippen molar-refractivity contribution in [1.29, 1.82) is 0 Å². The van der Waals surface area contributed by atoms with Gasteiger partial charge in [-0.05, 0) is 35.4 Å². The predicted octanol–water partition coefficient (Wildman–Crippen LogP) is 3.07. The molecule has 0 bridgehead atoms. The lowest BCUT2D eigenvalue weighted by Gasteiger charge is -2.08. The van der Waals surface area contributed by atoms with Crippen LogP contribution in [0, 0.1) is 0 Å². The molecule has 0 aliphatic carbocycles. The first-order valence-electron chi connectivity index (χ1n) is 6.32. The van der Waals surface area contributed by atoms with E-state index in [0.29, 0.717) is 11.1 Å². The van der Waals surface area contributed by atoms with E-state index in [1.54, 1.807) is 37.4 Å². The average molecular weight is 370 g/mol. The maximum atomic E-state index is 12.2. The van der Waals surface area contributed by atoms with Crippen LogP contribution in [0.5, 0.6) is 5.75 Å². The van der Waals surface area contributed by atoms with E-state index in [9.17, 15) is 8.42 Å². The van der Waals surface area contributed by atoms with Crippen LogP contribution in [-0.4, -0.2) is 15.5 Å². The molecule has 0 amide bonds. The molecule has 0 fully saturated rings. The molecule has 4 nitrogen and oxygen atoms in total. The molecule has 6 heteroatoms. The van der Waals surface area contributed by atoms with Gasteiger partial charge in [-0.1, -0.05) is 40.2 Å². The van der Waals surface area contributed by atoms with Crippen molar-refractivity contribution in [2.24, 2.45) is 0 Å². The second-order valence-electron chi connectivity index (χ2n) is 4.45. The molecule has 0 saturated carbocycles. The molecule has 0 saturated heterocycles. The smallest absolute Gasteiger partial charge is 0.240 e. The first-order valence-corrected chi connectivity index (χ1v) is 8.93. The van der Waals surface area contributed by atoms with Crippen LogP contribution in [0.4, 0.5) is 0 Å². The van der Waals surface area contributed by atoms with Crippen LogP contribution in [0.1, 0.15) is 11.1 Å². The highest BCUT2D eigenvalue weighted by Crippen LogP contribution is 2.15. The Morgan fingerprint density at radius 2 is 1.81 bits per heavy atom. The molecular formula is C15H16BrNO3S. The highest BCUT2D eigenvalue weighted by Gasteiger charge is 2.13. The second-order valence-corrected chi connectivity index (χ2v) is 6.78. The number of sulfonamides is 1. The molecular weight excluding hydrogens is 354 g/mol. The molecule has 1 N–H and O–H groups in total. The molecule has 21 heavy (non-hydrogen) atoms. The fourth-order valence-electron chi connectivity index (χ4n) is 1.80. The molecule has 0 atom stereocenters. The summed E-state index contributed by atoms with van der Waals surface area (Å²) in [4.78, 5) is 0.259. The molecule has 0 spiro atoms. The zero-order valence-corrected chi connectivity index (χ0v) is 13.9. The van der Waals surface area contributed by atoms with Crippen LogP contribution in [0.15, 0.2) is 53.4 Å². The largest absolute Gasteiger partial charge is 0.497 e. The van der Waals surface area contributed by atoms with Crippen molar-refractivity contribution in [2.45, 2.75) is 16.8 Å². The third kappa shape index (κ3) is 4.30. The van der Waals surface area contributed by atoms with Gasteiger partial charge < -0.3 is 4.74 Å². The van der Waals surface area contributed by atoms with E-state index in [2.05, 4.69) is 20.7 Å². The minimum absolute atomic E-state index is 0.222. The van der Waals surface area contributed by atoms with Crippen molar-refractivity contribution in [3.8, 4) is 5.75 Å². The Bertz CT molecular complexity index is 699. The molecule has 0 heterocycles. The van der Waals surface area contributed by atoms with E-state index >= 15 is 0 Å². The standard InChI is InChI=1S/C15H16BrNO3S/c1-20-14-4-2-3-13(9-14)11-17-21(18,19)15-7-5-12(10-16)6-8-15/h2-9,17H,10-11H2,1H3. The topological polar surface area (TPSA) is 55.4 Å². The number of halogens is 1. The van der Waals surface area contributed by atoms with Crippen LogP contribution >= 0.6 is 15.9 Å². The number of benzene rings is 2. The van der Waals surface area contributed by atoms with Crippen molar-refractivity contribution in [2.75, 3.05) is 7.11 Å². The van der Waals surface area contributed by atoms with Gasteiger partial charge in [-0.3, -0.25) is 0 Å². The van der Waals surface area contributed by atoms with Crippen LogP contribution in [0.25, 0.3) is 0 Å². The van der Waals surface area contributed by atoms with E-state index in [0.717, 1.165) is 11.1 Å². The summed E-state index contributed by atoms with van der Waals surface area (Å²) in [5.41, 5.74) is 1.87. The molecule has 0 radical (unpaired) electrons. The minimum atomic E-state index is -3.51. The quantitative estimate of drug-likeness (QED) is 0.796. The fraction of sp³-hybridized carbons (Fsp3) is 0.200. The third-order valence-electron chi connectivity index (χ3n) is 2.99. The van der Waals surface area contributed by atoms with E-state index < -0.39 is 10.0 Å². The van der Waals surface area contributed by atoms with Gasteiger partial charge in [0.15, 0.2) is 0 Å². The maximum Gasteiger partial charge on any atom is 0.240 e. The summed E-state index contributed by atoms with van der Waals surface area (Å²) in [6.07, 6.45) is 0.